The summed E-state index contributed by atoms with van der Waals surface area (Å²) in [6, 6.07) is 6.11. The Kier molecular flexibility index (Phi) is 5.53. The van der Waals surface area contributed by atoms with E-state index < -0.39 is 12.7 Å². The minimum Gasteiger partial charge on any atom is -0.308 e. The second-order valence-electron chi connectivity index (χ2n) is 4.42. The maximum Gasteiger partial charge on any atom is 0.401 e. The Morgan fingerprint density at radius 1 is 1.22 bits per heavy atom. The Hall–Kier alpha value is -0.680. The number of benzene rings is 1. The van der Waals surface area contributed by atoms with Crippen LogP contribution in [0.5, 0.6) is 0 Å². The first kappa shape index (κ1) is 15.4. The quantitative estimate of drug-likeness (QED) is 0.818. The molecule has 0 saturated heterocycles. The zero-order valence-electron chi connectivity index (χ0n) is 10.8. The molecular formula is C13H18F3NS. The molecule has 0 aliphatic carbocycles. The average molecular weight is 277 g/mol. The van der Waals surface area contributed by atoms with Crippen molar-refractivity contribution in [1.29, 1.82) is 0 Å². The normalized spacial score (nSPS) is 13.7. The monoisotopic (exact) mass is 277 g/mol. The number of hydrogen-bond donors (Lipinski definition) is 1. The molecule has 1 atom stereocenters. The molecule has 0 fully saturated rings. The van der Waals surface area contributed by atoms with Crippen LogP contribution in [-0.4, -0.2) is 24.5 Å². The number of halogens is 3. The standard InChI is InChI=1S/C13H18F3NS/c1-9-4-5-12(6-10(9)2)18-11(3)7-17-8-13(14,15)16/h4-6,11,17H,7-8H2,1-3H3. The molecule has 0 bridgehead atoms. The van der Waals surface area contributed by atoms with Crippen molar-refractivity contribution in [3.8, 4) is 0 Å². The van der Waals surface area contributed by atoms with Gasteiger partial charge in [-0.1, -0.05) is 13.0 Å². The summed E-state index contributed by atoms with van der Waals surface area (Å²) in [6.07, 6.45) is -4.13. The highest BCUT2D eigenvalue weighted by Gasteiger charge is 2.26. The van der Waals surface area contributed by atoms with E-state index in [0.717, 1.165) is 4.90 Å². The summed E-state index contributed by atoms with van der Waals surface area (Å²) in [5.74, 6) is 0. The minimum atomic E-state index is -4.13. The summed E-state index contributed by atoms with van der Waals surface area (Å²) in [5, 5.41) is 2.53. The number of thioether (sulfide) groups is 1. The van der Waals surface area contributed by atoms with Crippen LogP contribution in [0.1, 0.15) is 18.1 Å². The van der Waals surface area contributed by atoms with Gasteiger partial charge in [-0.15, -0.1) is 11.8 Å². The average Bonchev–Trinajstić information content (AvgIpc) is 2.21. The Balaban J connectivity index is 2.40. The first-order valence-corrected chi connectivity index (χ1v) is 6.67. The highest BCUT2D eigenvalue weighted by atomic mass is 32.2. The Morgan fingerprint density at radius 3 is 2.44 bits per heavy atom. The molecule has 102 valence electrons. The van der Waals surface area contributed by atoms with Gasteiger partial charge in [0.15, 0.2) is 0 Å². The highest BCUT2D eigenvalue weighted by Crippen LogP contribution is 2.25. The van der Waals surface area contributed by atoms with Crippen molar-refractivity contribution in [2.45, 2.75) is 37.1 Å². The summed E-state index contributed by atoms with van der Waals surface area (Å²) in [7, 11) is 0. The molecule has 0 spiro atoms. The number of nitrogens with one attached hydrogen (secondary N) is 1. The van der Waals surface area contributed by atoms with Gasteiger partial charge in [-0.05, 0) is 37.1 Å². The lowest BCUT2D eigenvalue weighted by atomic mass is 10.1. The van der Waals surface area contributed by atoms with Crippen LogP contribution >= 0.6 is 11.8 Å². The van der Waals surface area contributed by atoms with E-state index in [0.29, 0.717) is 6.54 Å². The third-order valence-corrected chi connectivity index (χ3v) is 3.67. The summed E-state index contributed by atoms with van der Waals surface area (Å²) >= 11 is 1.59. The van der Waals surface area contributed by atoms with E-state index in [2.05, 4.69) is 11.4 Å². The maximum atomic E-state index is 12.0. The van der Waals surface area contributed by atoms with Gasteiger partial charge in [-0.25, -0.2) is 0 Å². The van der Waals surface area contributed by atoms with Gasteiger partial charge in [0, 0.05) is 16.7 Å². The zero-order chi connectivity index (χ0) is 13.8. The smallest absolute Gasteiger partial charge is 0.308 e. The van der Waals surface area contributed by atoms with Crippen molar-refractivity contribution >= 4 is 11.8 Å². The van der Waals surface area contributed by atoms with Gasteiger partial charge in [-0.3, -0.25) is 0 Å². The van der Waals surface area contributed by atoms with E-state index in [4.69, 9.17) is 0 Å². The predicted molar refractivity (Wildman–Crippen MR) is 70.2 cm³/mol. The van der Waals surface area contributed by atoms with Crippen molar-refractivity contribution in [2.75, 3.05) is 13.1 Å². The first-order valence-electron chi connectivity index (χ1n) is 5.79. The second-order valence-corrected chi connectivity index (χ2v) is 5.93. The molecule has 0 saturated carbocycles. The van der Waals surface area contributed by atoms with Gasteiger partial charge in [0.2, 0.25) is 0 Å². The molecule has 0 heterocycles. The van der Waals surface area contributed by atoms with Gasteiger partial charge >= 0.3 is 6.18 Å². The number of aryl methyl sites for hydroxylation is 2. The van der Waals surface area contributed by atoms with Crippen LogP contribution in [0.15, 0.2) is 23.1 Å². The maximum absolute atomic E-state index is 12.0. The Morgan fingerprint density at radius 2 is 1.89 bits per heavy atom. The van der Waals surface area contributed by atoms with Crippen molar-refractivity contribution < 1.29 is 13.2 Å². The molecule has 1 N–H and O–H groups in total. The molecular weight excluding hydrogens is 259 g/mol. The van der Waals surface area contributed by atoms with Crippen molar-refractivity contribution in [2.24, 2.45) is 0 Å². The van der Waals surface area contributed by atoms with Gasteiger partial charge in [0.05, 0.1) is 6.54 Å². The van der Waals surface area contributed by atoms with E-state index in [1.807, 2.05) is 32.9 Å². The lowest BCUT2D eigenvalue weighted by Gasteiger charge is -2.14. The van der Waals surface area contributed by atoms with E-state index >= 15 is 0 Å². The summed E-state index contributed by atoms with van der Waals surface area (Å²) in [6.45, 7) is 5.41. The molecule has 1 aromatic carbocycles. The predicted octanol–water partition coefficient (Wildman–Crippen LogP) is 3.94. The van der Waals surface area contributed by atoms with Gasteiger partial charge in [0.1, 0.15) is 0 Å². The third kappa shape index (κ3) is 5.78. The molecule has 1 nitrogen and oxygen atoms in total. The Labute approximate surface area is 110 Å². The van der Waals surface area contributed by atoms with Gasteiger partial charge in [0.25, 0.3) is 0 Å². The van der Waals surface area contributed by atoms with Crippen LogP contribution < -0.4 is 5.32 Å². The van der Waals surface area contributed by atoms with Gasteiger partial charge < -0.3 is 5.32 Å². The van der Waals surface area contributed by atoms with Crippen LogP contribution in [0.2, 0.25) is 0 Å². The van der Waals surface area contributed by atoms with E-state index in [1.54, 1.807) is 11.8 Å². The largest absolute Gasteiger partial charge is 0.401 e. The molecule has 0 aliphatic rings. The number of hydrogen-bond acceptors (Lipinski definition) is 2. The van der Waals surface area contributed by atoms with Crippen LogP contribution in [0, 0.1) is 13.8 Å². The molecule has 5 heteroatoms. The third-order valence-electron chi connectivity index (χ3n) is 2.57. The van der Waals surface area contributed by atoms with Crippen LogP contribution in [0.3, 0.4) is 0 Å². The summed E-state index contributed by atoms with van der Waals surface area (Å²) < 4.78 is 35.9. The van der Waals surface area contributed by atoms with Crippen LogP contribution in [0.4, 0.5) is 13.2 Å². The summed E-state index contributed by atoms with van der Waals surface area (Å²) in [5.41, 5.74) is 2.43. The van der Waals surface area contributed by atoms with Crippen molar-refractivity contribution in [3.63, 3.8) is 0 Å². The molecule has 1 rings (SSSR count). The topological polar surface area (TPSA) is 12.0 Å². The molecule has 0 aliphatic heterocycles. The van der Waals surface area contributed by atoms with E-state index in [-0.39, 0.29) is 5.25 Å². The van der Waals surface area contributed by atoms with Crippen molar-refractivity contribution in [3.05, 3.63) is 29.3 Å². The fraction of sp³-hybridized carbons (Fsp3) is 0.538. The number of alkyl halides is 3. The molecule has 18 heavy (non-hydrogen) atoms. The molecule has 1 unspecified atom stereocenters. The molecule has 0 aromatic heterocycles. The summed E-state index contributed by atoms with van der Waals surface area (Å²) in [4.78, 5) is 1.10. The molecule has 0 amide bonds. The van der Waals surface area contributed by atoms with Crippen LogP contribution in [-0.2, 0) is 0 Å². The molecule has 1 aromatic rings. The van der Waals surface area contributed by atoms with Crippen LogP contribution in [0.25, 0.3) is 0 Å². The SMILES string of the molecule is Cc1ccc(SC(C)CNCC(F)(F)F)cc1C. The lowest BCUT2D eigenvalue weighted by molar-refractivity contribution is -0.124. The second kappa shape index (κ2) is 6.48. The Bertz CT molecular complexity index is 390. The first-order chi connectivity index (χ1) is 8.28. The fourth-order valence-electron chi connectivity index (χ4n) is 1.48. The van der Waals surface area contributed by atoms with Crippen molar-refractivity contribution in [1.82, 2.24) is 5.32 Å². The fourth-order valence-corrected chi connectivity index (χ4v) is 2.54. The number of rotatable bonds is 5. The zero-order valence-corrected chi connectivity index (χ0v) is 11.6. The molecule has 0 radical (unpaired) electrons. The van der Waals surface area contributed by atoms with E-state index in [1.165, 1.54) is 11.1 Å². The van der Waals surface area contributed by atoms with Gasteiger partial charge in [-0.2, -0.15) is 13.2 Å². The van der Waals surface area contributed by atoms with E-state index in [9.17, 15) is 13.2 Å². The lowest BCUT2D eigenvalue weighted by Crippen LogP contribution is -2.32. The highest BCUT2D eigenvalue weighted by molar-refractivity contribution is 8.00. The minimum absolute atomic E-state index is 0.106.